The van der Waals surface area contributed by atoms with E-state index in [9.17, 15) is 4.79 Å². The molecule has 2 aromatic rings. The topological polar surface area (TPSA) is 47.6 Å². The van der Waals surface area contributed by atoms with E-state index in [1.54, 1.807) is 12.1 Å². The molecule has 1 amide bonds. The molecule has 4 nitrogen and oxygen atoms in total. The molecule has 25 heavy (non-hydrogen) atoms. The number of carbonyl (C=O) groups excluding carboxylic acids is 1. The van der Waals surface area contributed by atoms with Gasteiger partial charge < -0.3 is 14.8 Å². The third-order valence-electron chi connectivity index (χ3n) is 4.41. The minimum Gasteiger partial charge on any atom is -0.490 e. The van der Waals surface area contributed by atoms with Gasteiger partial charge in [0, 0.05) is 5.56 Å². The smallest absolute Gasteiger partial charge is 0.251 e. The zero-order valence-corrected chi connectivity index (χ0v) is 14.9. The lowest BCUT2D eigenvalue weighted by molar-refractivity contribution is 0.0936. The van der Waals surface area contributed by atoms with E-state index in [0.29, 0.717) is 30.3 Å². The summed E-state index contributed by atoms with van der Waals surface area (Å²) >= 11 is 0. The first-order valence-corrected chi connectivity index (χ1v) is 9.01. The Balaban J connectivity index is 1.75. The molecular weight excluding hydrogens is 314 g/mol. The highest BCUT2D eigenvalue weighted by molar-refractivity contribution is 5.95. The third-order valence-corrected chi connectivity index (χ3v) is 4.41. The van der Waals surface area contributed by atoms with Crippen molar-refractivity contribution in [1.82, 2.24) is 5.32 Å². The van der Waals surface area contributed by atoms with Gasteiger partial charge in [-0.2, -0.15) is 0 Å². The van der Waals surface area contributed by atoms with Gasteiger partial charge >= 0.3 is 0 Å². The first-order valence-electron chi connectivity index (χ1n) is 9.01. The number of hydrogen-bond acceptors (Lipinski definition) is 3. The SMILES string of the molecule is CCCOc1ccc(C(=O)NC2CCc3ccccc32)cc1OCC. The molecule has 132 valence electrons. The third kappa shape index (κ3) is 3.95. The van der Waals surface area contributed by atoms with Crippen molar-refractivity contribution < 1.29 is 14.3 Å². The van der Waals surface area contributed by atoms with E-state index in [2.05, 4.69) is 24.4 Å². The maximum atomic E-state index is 12.7. The van der Waals surface area contributed by atoms with Crippen molar-refractivity contribution in [2.75, 3.05) is 13.2 Å². The summed E-state index contributed by atoms with van der Waals surface area (Å²) in [6, 6.07) is 13.8. The summed E-state index contributed by atoms with van der Waals surface area (Å²) in [7, 11) is 0. The molecule has 0 saturated carbocycles. The monoisotopic (exact) mass is 339 g/mol. The van der Waals surface area contributed by atoms with Crippen molar-refractivity contribution >= 4 is 5.91 Å². The van der Waals surface area contributed by atoms with Crippen LogP contribution >= 0.6 is 0 Å². The number of aryl methyl sites for hydroxylation is 1. The highest BCUT2D eigenvalue weighted by Crippen LogP contribution is 2.32. The maximum Gasteiger partial charge on any atom is 0.251 e. The van der Waals surface area contributed by atoms with Crippen LogP contribution in [-0.2, 0) is 6.42 Å². The van der Waals surface area contributed by atoms with E-state index in [0.717, 1.165) is 19.3 Å². The molecule has 1 N–H and O–H groups in total. The van der Waals surface area contributed by atoms with Gasteiger partial charge in [0.2, 0.25) is 0 Å². The second kappa shape index (κ2) is 8.06. The molecule has 1 aliphatic carbocycles. The lowest BCUT2D eigenvalue weighted by atomic mass is 10.1. The van der Waals surface area contributed by atoms with Gasteiger partial charge in [-0.05, 0) is 55.5 Å². The number of amides is 1. The van der Waals surface area contributed by atoms with Crippen LogP contribution in [0.4, 0.5) is 0 Å². The van der Waals surface area contributed by atoms with E-state index < -0.39 is 0 Å². The molecule has 0 aromatic heterocycles. The predicted octanol–water partition coefficient (Wildman–Crippen LogP) is 4.29. The molecule has 1 aliphatic rings. The Morgan fingerprint density at radius 2 is 1.96 bits per heavy atom. The van der Waals surface area contributed by atoms with Gasteiger partial charge in [-0.15, -0.1) is 0 Å². The molecule has 0 spiro atoms. The Morgan fingerprint density at radius 3 is 2.76 bits per heavy atom. The average molecular weight is 339 g/mol. The minimum absolute atomic E-state index is 0.0789. The zero-order valence-electron chi connectivity index (χ0n) is 14.9. The molecule has 0 heterocycles. The Morgan fingerprint density at radius 1 is 1.12 bits per heavy atom. The molecule has 0 fully saturated rings. The molecule has 4 heteroatoms. The lowest BCUT2D eigenvalue weighted by Crippen LogP contribution is -2.27. The molecule has 2 aromatic carbocycles. The molecule has 3 rings (SSSR count). The van der Waals surface area contributed by atoms with Gasteiger partial charge in [-0.3, -0.25) is 4.79 Å². The van der Waals surface area contributed by atoms with Gasteiger partial charge in [0.15, 0.2) is 11.5 Å². The van der Waals surface area contributed by atoms with Crippen molar-refractivity contribution in [2.24, 2.45) is 0 Å². The largest absolute Gasteiger partial charge is 0.490 e. The lowest BCUT2D eigenvalue weighted by Gasteiger charge is -2.16. The number of benzene rings is 2. The van der Waals surface area contributed by atoms with Crippen LogP contribution in [0.25, 0.3) is 0 Å². The second-order valence-corrected chi connectivity index (χ2v) is 6.21. The summed E-state index contributed by atoms with van der Waals surface area (Å²) in [6.07, 6.45) is 2.88. The van der Waals surface area contributed by atoms with Crippen LogP contribution in [0.3, 0.4) is 0 Å². The molecule has 0 bridgehead atoms. The first kappa shape index (κ1) is 17.3. The summed E-state index contributed by atoms with van der Waals surface area (Å²) in [5.74, 6) is 1.23. The van der Waals surface area contributed by atoms with Gasteiger partial charge in [0.1, 0.15) is 0 Å². The van der Waals surface area contributed by atoms with Crippen LogP contribution in [0.15, 0.2) is 42.5 Å². The van der Waals surface area contributed by atoms with E-state index in [1.165, 1.54) is 11.1 Å². The van der Waals surface area contributed by atoms with Gasteiger partial charge in [0.25, 0.3) is 5.91 Å². The average Bonchev–Trinajstić information content (AvgIpc) is 3.04. The Hall–Kier alpha value is -2.49. The van der Waals surface area contributed by atoms with E-state index in [-0.39, 0.29) is 11.9 Å². The standard InChI is InChI=1S/C21H25NO3/c1-3-13-25-19-12-10-16(14-20(19)24-4-2)21(23)22-18-11-9-15-7-5-6-8-17(15)18/h5-8,10,12,14,18H,3-4,9,11,13H2,1-2H3,(H,22,23). The molecule has 1 unspecified atom stereocenters. The van der Waals surface area contributed by atoms with Crippen molar-refractivity contribution in [3.63, 3.8) is 0 Å². The van der Waals surface area contributed by atoms with E-state index in [1.807, 2.05) is 25.1 Å². The van der Waals surface area contributed by atoms with E-state index >= 15 is 0 Å². The fourth-order valence-corrected chi connectivity index (χ4v) is 3.20. The van der Waals surface area contributed by atoms with Crippen molar-refractivity contribution in [3.8, 4) is 11.5 Å². The second-order valence-electron chi connectivity index (χ2n) is 6.21. The van der Waals surface area contributed by atoms with E-state index in [4.69, 9.17) is 9.47 Å². The van der Waals surface area contributed by atoms with Crippen LogP contribution in [0.1, 0.15) is 54.2 Å². The molecular formula is C21H25NO3. The number of carbonyl (C=O) groups is 1. The summed E-state index contributed by atoms with van der Waals surface area (Å²) in [6.45, 7) is 5.14. The quantitative estimate of drug-likeness (QED) is 0.818. The first-order chi connectivity index (χ1) is 12.2. The normalized spacial score (nSPS) is 15.5. The fraction of sp³-hybridized carbons (Fsp3) is 0.381. The fourth-order valence-electron chi connectivity index (χ4n) is 3.20. The van der Waals surface area contributed by atoms with Crippen molar-refractivity contribution in [1.29, 1.82) is 0 Å². The Labute approximate surface area is 149 Å². The molecule has 1 atom stereocenters. The zero-order chi connectivity index (χ0) is 17.6. The predicted molar refractivity (Wildman–Crippen MR) is 98.4 cm³/mol. The van der Waals surface area contributed by atoms with Crippen LogP contribution in [0.2, 0.25) is 0 Å². The van der Waals surface area contributed by atoms with Gasteiger partial charge in [-0.25, -0.2) is 0 Å². The minimum atomic E-state index is -0.0790. The van der Waals surface area contributed by atoms with Crippen molar-refractivity contribution in [2.45, 2.75) is 39.2 Å². The van der Waals surface area contributed by atoms with Crippen LogP contribution < -0.4 is 14.8 Å². The van der Waals surface area contributed by atoms with Gasteiger partial charge in [-0.1, -0.05) is 31.2 Å². The highest BCUT2D eigenvalue weighted by Gasteiger charge is 2.24. The summed E-state index contributed by atoms with van der Waals surface area (Å²) in [5.41, 5.74) is 3.14. The maximum absolute atomic E-state index is 12.7. The number of rotatable bonds is 7. The number of fused-ring (bicyclic) bond motifs is 1. The van der Waals surface area contributed by atoms with Crippen molar-refractivity contribution in [3.05, 3.63) is 59.2 Å². The number of ether oxygens (including phenoxy) is 2. The summed E-state index contributed by atoms with van der Waals surface area (Å²) < 4.78 is 11.3. The Kier molecular flexibility index (Phi) is 5.59. The summed E-state index contributed by atoms with van der Waals surface area (Å²) in [5, 5.41) is 3.15. The molecule has 0 aliphatic heterocycles. The molecule has 0 radical (unpaired) electrons. The Bertz CT molecular complexity index is 742. The number of hydrogen-bond donors (Lipinski definition) is 1. The number of nitrogens with one attached hydrogen (secondary N) is 1. The summed E-state index contributed by atoms with van der Waals surface area (Å²) in [4.78, 5) is 12.7. The molecule has 0 saturated heterocycles. The van der Waals surface area contributed by atoms with Crippen LogP contribution in [-0.4, -0.2) is 19.1 Å². The van der Waals surface area contributed by atoms with Gasteiger partial charge in [0.05, 0.1) is 19.3 Å². The highest BCUT2D eigenvalue weighted by atomic mass is 16.5. The van der Waals surface area contributed by atoms with Crippen LogP contribution in [0, 0.1) is 0 Å². The van der Waals surface area contributed by atoms with Crippen LogP contribution in [0.5, 0.6) is 11.5 Å².